The van der Waals surface area contributed by atoms with Crippen LogP contribution in [0.4, 0.5) is 0 Å². The SMILES string of the molecule is COC(=O)C1CCC(OCCC(C)O)CC1. The Morgan fingerprint density at radius 2 is 2.00 bits per heavy atom. The third-order valence-electron chi connectivity index (χ3n) is 3.10. The van der Waals surface area contributed by atoms with Gasteiger partial charge in [0.25, 0.3) is 0 Å². The Balaban J connectivity index is 2.14. The fourth-order valence-electron chi connectivity index (χ4n) is 2.04. The Labute approximate surface area is 96.9 Å². The molecule has 1 N–H and O–H groups in total. The number of hydrogen-bond acceptors (Lipinski definition) is 4. The number of carbonyl (C=O) groups excluding carboxylic acids is 1. The van der Waals surface area contributed by atoms with Gasteiger partial charge in [-0.05, 0) is 39.0 Å². The highest BCUT2D eigenvalue weighted by Crippen LogP contribution is 2.27. The van der Waals surface area contributed by atoms with Crippen LogP contribution in [0.25, 0.3) is 0 Å². The summed E-state index contributed by atoms with van der Waals surface area (Å²) in [7, 11) is 1.44. The zero-order chi connectivity index (χ0) is 12.0. The molecule has 0 radical (unpaired) electrons. The smallest absolute Gasteiger partial charge is 0.308 e. The number of carbonyl (C=O) groups is 1. The van der Waals surface area contributed by atoms with E-state index in [0.717, 1.165) is 25.7 Å². The number of methoxy groups -OCH3 is 1. The molecule has 1 aliphatic rings. The molecule has 0 heterocycles. The first-order valence-corrected chi connectivity index (χ1v) is 6.01. The van der Waals surface area contributed by atoms with Crippen molar-refractivity contribution in [3.05, 3.63) is 0 Å². The maximum absolute atomic E-state index is 11.3. The van der Waals surface area contributed by atoms with Gasteiger partial charge in [-0.3, -0.25) is 4.79 Å². The van der Waals surface area contributed by atoms with Gasteiger partial charge in [-0.25, -0.2) is 0 Å². The Kier molecular flexibility index (Phi) is 5.77. The molecule has 1 atom stereocenters. The molecule has 0 amide bonds. The first kappa shape index (κ1) is 13.5. The Morgan fingerprint density at radius 1 is 1.38 bits per heavy atom. The lowest BCUT2D eigenvalue weighted by atomic mass is 9.87. The zero-order valence-electron chi connectivity index (χ0n) is 10.1. The first-order chi connectivity index (χ1) is 7.63. The third-order valence-corrected chi connectivity index (χ3v) is 3.10. The second-order valence-electron chi connectivity index (χ2n) is 4.51. The highest BCUT2D eigenvalue weighted by Gasteiger charge is 2.27. The fourth-order valence-corrected chi connectivity index (χ4v) is 2.04. The normalized spacial score (nSPS) is 27.4. The summed E-state index contributed by atoms with van der Waals surface area (Å²) in [4.78, 5) is 11.3. The van der Waals surface area contributed by atoms with Crippen LogP contribution in [0.15, 0.2) is 0 Å². The summed E-state index contributed by atoms with van der Waals surface area (Å²) in [6.45, 7) is 2.36. The first-order valence-electron chi connectivity index (χ1n) is 6.01. The van der Waals surface area contributed by atoms with Crippen molar-refractivity contribution < 1.29 is 19.4 Å². The molecular formula is C12H22O4. The van der Waals surface area contributed by atoms with Crippen LogP contribution in [-0.2, 0) is 14.3 Å². The molecule has 0 aromatic rings. The molecule has 94 valence electrons. The average Bonchev–Trinajstić information content (AvgIpc) is 2.28. The number of rotatable bonds is 5. The van der Waals surface area contributed by atoms with Crippen LogP contribution in [-0.4, -0.2) is 37.0 Å². The monoisotopic (exact) mass is 230 g/mol. The minimum Gasteiger partial charge on any atom is -0.469 e. The van der Waals surface area contributed by atoms with Gasteiger partial charge in [0, 0.05) is 6.61 Å². The van der Waals surface area contributed by atoms with Crippen LogP contribution in [0.1, 0.15) is 39.0 Å². The van der Waals surface area contributed by atoms with E-state index >= 15 is 0 Å². The third kappa shape index (κ3) is 4.49. The zero-order valence-corrected chi connectivity index (χ0v) is 10.1. The Morgan fingerprint density at radius 3 is 2.50 bits per heavy atom. The van der Waals surface area contributed by atoms with Gasteiger partial charge in [0.2, 0.25) is 0 Å². The van der Waals surface area contributed by atoms with Crippen LogP contribution in [0.5, 0.6) is 0 Å². The van der Waals surface area contributed by atoms with Gasteiger partial charge in [-0.2, -0.15) is 0 Å². The predicted octanol–water partition coefficient (Wildman–Crippen LogP) is 1.51. The molecular weight excluding hydrogens is 208 g/mol. The van der Waals surface area contributed by atoms with Crippen molar-refractivity contribution in [2.75, 3.05) is 13.7 Å². The molecule has 0 saturated heterocycles. The summed E-state index contributed by atoms with van der Waals surface area (Å²) in [5.74, 6) is -0.0379. The van der Waals surface area contributed by atoms with Gasteiger partial charge in [0.1, 0.15) is 0 Å². The summed E-state index contributed by atoms with van der Waals surface area (Å²) in [6, 6.07) is 0. The number of aliphatic hydroxyl groups excluding tert-OH is 1. The lowest BCUT2D eigenvalue weighted by Gasteiger charge is -2.27. The van der Waals surface area contributed by atoms with Crippen molar-refractivity contribution in [3.8, 4) is 0 Å². The van der Waals surface area contributed by atoms with E-state index in [1.807, 2.05) is 0 Å². The lowest BCUT2D eigenvalue weighted by molar-refractivity contribution is -0.147. The van der Waals surface area contributed by atoms with Crippen molar-refractivity contribution in [1.82, 2.24) is 0 Å². The second-order valence-corrected chi connectivity index (χ2v) is 4.51. The molecule has 1 unspecified atom stereocenters. The molecule has 1 saturated carbocycles. The topological polar surface area (TPSA) is 55.8 Å². The predicted molar refractivity (Wildman–Crippen MR) is 60.0 cm³/mol. The Hall–Kier alpha value is -0.610. The van der Waals surface area contributed by atoms with Gasteiger partial charge < -0.3 is 14.6 Å². The summed E-state index contributed by atoms with van der Waals surface area (Å²) in [6.07, 6.45) is 4.17. The molecule has 1 aliphatic carbocycles. The molecule has 0 spiro atoms. The van der Waals surface area contributed by atoms with Gasteiger partial charge in [-0.15, -0.1) is 0 Å². The number of esters is 1. The van der Waals surface area contributed by atoms with Crippen LogP contribution in [0, 0.1) is 5.92 Å². The highest BCUT2D eigenvalue weighted by atomic mass is 16.5. The van der Waals surface area contributed by atoms with Crippen LogP contribution in [0.2, 0.25) is 0 Å². The van der Waals surface area contributed by atoms with Crippen molar-refractivity contribution in [2.45, 2.75) is 51.2 Å². The summed E-state index contributed by atoms with van der Waals surface area (Å²) >= 11 is 0. The van der Waals surface area contributed by atoms with Crippen LogP contribution < -0.4 is 0 Å². The average molecular weight is 230 g/mol. The Bertz CT molecular complexity index is 207. The highest BCUT2D eigenvalue weighted by molar-refractivity contribution is 5.72. The van der Waals surface area contributed by atoms with Gasteiger partial charge >= 0.3 is 5.97 Å². The molecule has 0 aliphatic heterocycles. The van der Waals surface area contributed by atoms with Crippen LogP contribution in [0.3, 0.4) is 0 Å². The molecule has 4 heteroatoms. The largest absolute Gasteiger partial charge is 0.469 e. The quantitative estimate of drug-likeness (QED) is 0.727. The van der Waals surface area contributed by atoms with Crippen molar-refractivity contribution in [3.63, 3.8) is 0 Å². The van der Waals surface area contributed by atoms with Crippen LogP contribution >= 0.6 is 0 Å². The maximum Gasteiger partial charge on any atom is 0.308 e. The van der Waals surface area contributed by atoms with Crippen molar-refractivity contribution in [2.24, 2.45) is 5.92 Å². The van der Waals surface area contributed by atoms with E-state index < -0.39 is 0 Å². The standard InChI is InChI=1S/C12H22O4/c1-9(13)7-8-16-11-5-3-10(4-6-11)12(14)15-2/h9-11,13H,3-8H2,1-2H3. The minimum atomic E-state index is -0.300. The van der Waals surface area contributed by atoms with Crippen molar-refractivity contribution in [1.29, 1.82) is 0 Å². The van der Waals surface area contributed by atoms with E-state index in [9.17, 15) is 4.79 Å². The maximum atomic E-state index is 11.3. The van der Waals surface area contributed by atoms with Gasteiger partial charge in [-0.1, -0.05) is 0 Å². The number of aliphatic hydroxyl groups is 1. The van der Waals surface area contributed by atoms with E-state index in [1.54, 1.807) is 6.92 Å². The summed E-state index contributed by atoms with van der Waals surface area (Å²) in [5.41, 5.74) is 0. The molecule has 1 fully saturated rings. The summed E-state index contributed by atoms with van der Waals surface area (Å²) < 4.78 is 10.4. The van der Waals surface area contributed by atoms with Crippen molar-refractivity contribution >= 4 is 5.97 Å². The minimum absolute atomic E-state index is 0.0571. The fraction of sp³-hybridized carbons (Fsp3) is 0.917. The number of hydrogen-bond donors (Lipinski definition) is 1. The van der Waals surface area contributed by atoms with Gasteiger partial charge in [0.05, 0.1) is 25.2 Å². The molecule has 0 aromatic carbocycles. The molecule has 0 bridgehead atoms. The molecule has 0 aromatic heterocycles. The van der Waals surface area contributed by atoms with E-state index in [0.29, 0.717) is 13.0 Å². The molecule has 1 rings (SSSR count). The summed E-state index contributed by atoms with van der Waals surface area (Å²) in [5, 5.41) is 9.09. The van der Waals surface area contributed by atoms with E-state index in [-0.39, 0.29) is 24.1 Å². The number of ether oxygens (including phenoxy) is 2. The van der Waals surface area contributed by atoms with E-state index in [2.05, 4.69) is 0 Å². The second kappa shape index (κ2) is 6.86. The molecule has 16 heavy (non-hydrogen) atoms. The van der Waals surface area contributed by atoms with Gasteiger partial charge in [0.15, 0.2) is 0 Å². The van der Waals surface area contributed by atoms with E-state index in [4.69, 9.17) is 14.6 Å². The molecule has 4 nitrogen and oxygen atoms in total. The lowest BCUT2D eigenvalue weighted by Crippen LogP contribution is -2.27. The van der Waals surface area contributed by atoms with E-state index in [1.165, 1.54) is 7.11 Å².